The minimum Gasteiger partial charge on any atom is -0.480 e. The lowest BCUT2D eigenvalue weighted by Gasteiger charge is -2.20. The molecule has 11 heteroatoms. The summed E-state index contributed by atoms with van der Waals surface area (Å²) in [4.78, 5) is 36.4. The van der Waals surface area contributed by atoms with Gasteiger partial charge in [0.15, 0.2) is 6.61 Å². The van der Waals surface area contributed by atoms with Crippen LogP contribution in [0.5, 0.6) is 5.75 Å². The van der Waals surface area contributed by atoms with Crippen molar-refractivity contribution in [1.82, 2.24) is 4.57 Å². The van der Waals surface area contributed by atoms with Crippen LogP contribution in [0.3, 0.4) is 0 Å². The summed E-state index contributed by atoms with van der Waals surface area (Å²) < 4.78 is 43.6. The summed E-state index contributed by atoms with van der Waals surface area (Å²) in [5.74, 6) is -1.08. The molecule has 0 aliphatic rings. The Labute approximate surface area is 178 Å². The highest BCUT2D eigenvalue weighted by molar-refractivity contribution is 7.85. The smallest absolute Gasteiger partial charge is 0.344 e. The number of nitrogens with zero attached hydrogens (tertiary/aromatic N) is 1. The number of aromatic nitrogens is 1. The molecule has 0 aliphatic heterocycles. The van der Waals surface area contributed by atoms with Crippen LogP contribution in [-0.2, 0) is 26.2 Å². The number of hydrogen-bond donors (Lipinski definition) is 2. The molecule has 0 radical (unpaired) electrons. The molecule has 0 aliphatic carbocycles. The zero-order valence-corrected chi connectivity index (χ0v) is 18.5. The summed E-state index contributed by atoms with van der Waals surface area (Å²) in [6.07, 6.45) is 0.0982. The third-order valence-corrected chi connectivity index (χ3v) is 5.64. The Hall–Kier alpha value is -2.92. The molecule has 0 amide bonds. The maximum atomic E-state index is 12.2. The number of anilines is 1. The van der Waals surface area contributed by atoms with E-state index in [1.165, 1.54) is 6.07 Å². The first-order chi connectivity index (χ1) is 14.2. The van der Waals surface area contributed by atoms with E-state index in [4.69, 9.17) is 19.8 Å². The van der Waals surface area contributed by atoms with E-state index in [1.807, 2.05) is 0 Å². The fourth-order valence-electron chi connectivity index (χ4n) is 3.54. The van der Waals surface area contributed by atoms with Gasteiger partial charge < -0.3 is 19.8 Å². The van der Waals surface area contributed by atoms with Gasteiger partial charge in [-0.15, -0.1) is 0 Å². The van der Waals surface area contributed by atoms with Crippen LogP contribution < -0.4 is 21.3 Å². The van der Waals surface area contributed by atoms with Crippen LogP contribution in [0.15, 0.2) is 15.7 Å². The van der Waals surface area contributed by atoms with Crippen LogP contribution in [-0.4, -0.2) is 41.5 Å². The minimum atomic E-state index is -4.13. The van der Waals surface area contributed by atoms with Crippen LogP contribution >= 0.6 is 0 Å². The molecule has 0 fully saturated rings. The second-order valence-corrected chi connectivity index (χ2v) is 9.92. The maximum absolute atomic E-state index is 12.2. The summed E-state index contributed by atoms with van der Waals surface area (Å²) in [5.41, 5.74) is 5.42. The number of nitrogen functional groups attached to an aromatic ring is 1. The standard InChI is InChI=1S/C20H24N2O8S/c1-10-16(21)15-12(22(10)6-5-7-31(26,27)28)8-11-14(18(25)17(11)24)19(15)29-9-13(23)30-20(2,3)4/h8H,5-7,9,21H2,1-4H3,(H,26,27,28). The lowest BCUT2D eigenvalue weighted by atomic mass is 10.0. The highest BCUT2D eigenvalue weighted by Gasteiger charge is 2.27. The Morgan fingerprint density at radius 3 is 2.42 bits per heavy atom. The molecule has 10 nitrogen and oxygen atoms in total. The molecule has 1 heterocycles. The third-order valence-electron chi connectivity index (χ3n) is 4.83. The van der Waals surface area contributed by atoms with Crippen molar-refractivity contribution in [1.29, 1.82) is 0 Å². The second kappa shape index (κ2) is 7.65. The van der Waals surface area contributed by atoms with E-state index >= 15 is 0 Å². The first-order valence-corrected chi connectivity index (χ1v) is 11.2. The monoisotopic (exact) mass is 452 g/mol. The Bertz CT molecular complexity index is 1370. The quantitative estimate of drug-likeness (QED) is 0.306. The van der Waals surface area contributed by atoms with Crippen molar-refractivity contribution in [2.45, 2.75) is 46.3 Å². The number of hydrogen-bond acceptors (Lipinski definition) is 8. The van der Waals surface area contributed by atoms with E-state index < -0.39 is 44.9 Å². The van der Waals surface area contributed by atoms with E-state index in [0.29, 0.717) is 16.6 Å². The molecular weight excluding hydrogens is 428 g/mol. The van der Waals surface area contributed by atoms with Crippen molar-refractivity contribution in [3.05, 3.63) is 32.2 Å². The summed E-state index contributed by atoms with van der Waals surface area (Å²) >= 11 is 0. The molecule has 3 aromatic rings. The van der Waals surface area contributed by atoms with Gasteiger partial charge in [0.25, 0.3) is 10.1 Å². The summed E-state index contributed by atoms with van der Waals surface area (Å²) in [6.45, 7) is 6.50. The third kappa shape index (κ3) is 4.42. The highest BCUT2D eigenvalue weighted by atomic mass is 32.2. The SMILES string of the molecule is Cc1c(N)c2c(OCC(=O)OC(C)(C)C)c3c(=O)c(=O)c3cc2n1CCCS(=O)(=O)O. The summed E-state index contributed by atoms with van der Waals surface area (Å²) in [5, 5.41) is 0.556. The number of rotatable bonds is 7. The normalized spacial score (nSPS) is 12.7. The van der Waals surface area contributed by atoms with Gasteiger partial charge in [-0.1, -0.05) is 0 Å². The Balaban J connectivity index is 2.08. The number of ether oxygens (including phenoxy) is 2. The fraction of sp³-hybridized carbons (Fsp3) is 0.450. The first kappa shape index (κ1) is 22.8. The average Bonchev–Trinajstić information content (AvgIpc) is 2.87. The van der Waals surface area contributed by atoms with E-state index in [1.54, 1.807) is 32.3 Å². The molecule has 0 spiro atoms. The summed E-state index contributed by atoms with van der Waals surface area (Å²) in [7, 11) is -4.13. The van der Waals surface area contributed by atoms with Crippen molar-refractivity contribution in [3.8, 4) is 5.75 Å². The number of carbonyl (C=O) groups excluding carboxylic acids is 1. The van der Waals surface area contributed by atoms with Gasteiger partial charge in [0.2, 0.25) is 10.9 Å². The van der Waals surface area contributed by atoms with Crippen LogP contribution in [0.1, 0.15) is 32.9 Å². The van der Waals surface area contributed by atoms with Gasteiger partial charge in [-0.25, -0.2) is 4.79 Å². The molecule has 1 aromatic heterocycles. The van der Waals surface area contributed by atoms with E-state index in [2.05, 4.69) is 0 Å². The fourth-order valence-corrected chi connectivity index (χ4v) is 4.04. The van der Waals surface area contributed by atoms with Crippen LogP contribution in [0.25, 0.3) is 21.7 Å². The lowest BCUT2D eigenvalue weighted by molar-refractivity contribution is -0.157. The number of carbonyl (C=O) groups is 1. The van der Waals surface area contributed by atoms with Crippen molar-refractivity contribution in [2.75, 3.05) is 18.1 Å². The van der Waals surface area contributed by atoms with Crippen LogP contribution in [0.2, 0.25) is 0 Å². The lowest BCUT2D eigenvalue weighted by Crippen LogP contribution is -2.32. The molecular formula is C20H24N2O8S. The van der Waals surface area contributed by atoms with Gasteiger partial charge in [0.1, 0.15) is 11.4 Å². The van der Waals surface area contributed by atoms with Gasteiger partial charge in [0.05, 0.1) is 27.7 Å². The van der Waals surface area contributed by atoms with Gasteiger partial charge in [-0.2, -0.15) is 8.42 Å². The number of esters is 1. The Morgan fingerprint density at radius 1 is 1.19 bits per heavy atom. The first-order valence-electron chi connectivity index (χ1n) is 9.55. The molecule has 0 unspecified atom stereocenters. The molecule has 2 aromatic carbocycles. The van der Waals surface area contributed by atoms with Gasteiger partial charge in [0, 0.05) is 17.6 Å². The molecule has 0 bridgehead atoms. The van der Waals surface area contributed by atoms with E-state index in [-0.39, 0.29) is 35.2 Å². The largest absolute Gasteiger partial charge is 0.480 e. The van der Waals surface area contributed by atoms with Crippen molar-refractivity contribution in [3.63, 3.8) is 0 Å². The number of benzene rings is 1. The Morgan fingerprint density at radius 2 is 1.84 bits per heavy atom. The number of nitrogens with two attached hydrogens (primary N) is 1. The van der Waals surface area contributed by atoms with Crippen molar-refractivity contribution in [2.24, 2.45) is 0 Å². The predicted molar refractivity (Wildman–Crippen MR) is 116 cm³/mol. The predicted octanol–water partition coefficient (Wildman–Crippen LogP) is 1.28. The van der Waals surface area contributed by atoms with Gasteiger partial charge >= 0.3 is 5.97 Å². The maximum Gasteiger partial charge on any atom is 0.344 e. The topological polar surface area (TPSA) is 155 Å². The zero-order chi connectivity index (χ0) is 23.3. The number of fused-ring (bicyclic) bond motifs is 2. The zero-order valence-electron chi connectivity index (χ0n) is 17.6. The van der Waals surface area contributed by atoms with Crippen molar-refractivity contribution < 1.29 is 27.2 Å². The molecule has 0 atom stereocenters. The van der Waals surface area contributed by atoms with Crippen molar-refractivity contribution >= 4 is 43.5 Å². The van der Waals surface area contributed by atoms with Crippen LogP contribution in [0.4, 0.5) is 5.69 Å². The highest BCUT2D eigenvalue weighted by Crippen LogP contribution is 2.40. The Kier molecular flexibility index (Phi) is 5.61. The van der Waals surface area contributed by atoms with Gasteiger partial charge in [-0.05, 0) is 40.2 Å². The summed E-state index contributed by atoms with van der Waals surface area (Å²) in [6, 6.07) is 1.51. The molecule has 3 N–H and O–H groups in total. The van der Waals surface area contributed by atoms with Crippen LogP contribution in [0, 0.1) is 6.92 Å². The van der Waals surface area contributed by atoms with E-state index in [9.17, 15) is 22.8 Å². The molecule has 0 saturated heterocycles. The molecule has 0 saturated carbocycles. The second-order valence-electron chi connectivity index (χ2n) is 8.35. The average molecular weight is 452 g/mol. The molecule has 3 rings (SSSR count). The van der Waals surface area contributed by atoms with Gasteiger partial charge in [-0.3, -0.25) is 14.1 Å². The van der Waals surface area contributed by atoms with E-state index in [0.717, 1.165) is 0 Å². The minimum absolute atomic E-state index is 0.0251. The molecule has 168 valence electrons. The number of aryl methyl sites for hydroxylation is 1. The molecule has 31 heavy (non-hydrogen) atoms.